The quantitative estimate of drug-likeness (QED) is 0.839. The van der Waals surface area contributed by atoms with Crippen molar-refractivity contribution in [2.75, 3.05) is 31.1 Å². The van der Waals surface area contributed by atoms with Crippen LogP contribution in [-0.4, -0.2) is 42.0 Å². The van der Waals surface area contributed by atoms with E-state index < -0.39 is 0 Å². The van der Waals surface area contributed by atoms with Crippen molar-refractivity contribution in [2.45, 2.75) is 33.1 Å². The first-order chi connectivity index (χ1) is 10.1. The van der Waals surface area contributed by atoms with Crippen molar-refractivity contribution in [2.24, 2.45) is 11.8 Å². The molecule has 2 atom stereocenters. The number of likely N-dealkylation sites (tertiary alicyclic amines) is 1. The topological polar surface area (TPSA) is 36.4 Å². The summed E-state index contributed by atoms with van der Waals surface area (Å²) in [6.07, 6.45) is 5.41. The van der Waals surface area contributed by atoms with Gasteiger partial charge >= 0.3 is 0 Å². The van der Waals surface area contributed by atoms with Gasteiger partial charge in [-0.25, -0.2) is 4.98 Å². The van der Waals surface area contributed by atoms with E-state index in [9.17, 15) is 4.79 Å². The predicted molar refractivity (Wildman–Crippen MR) is 84.5 cm³/mol. The number of pyridine rings is 1. The number of hydrogen-bond acceptors (Lipinski definition) is 3. The maximum Gasteiger partial charge on any atom is 0.257 e. The minimum Gasteiger partial charge on any atom is -0.356 e. The van der Waals surface area contributed by atoms with Gasteiger partial charge in [-0.05, 0) is 43.2 Å². The molecule has 4 nitrogen and oxygen atoms in total. The Balaban J connectivity index is 1.84. The maximum atomic E-state index is 12.9. The summed E-state index contributed by atoms with van der Waals surface area (Å²) in [6.45, 7) is 8.25. The molecule has 1 aromatic rings. The number of piperidine rings is 1. The molecule has 2 aliphatic heterocycles. The Hall–Kier alpha value is -1.58. The van der Waals surface area contributed by atoms with Crippen LogP contribution in [0, 0.1) is 11.8 Å². The number of nitrogens with zero attached hydrogens (tertiary/aromatic N) is 3. The Morgan fingerprint density at radius 1 is 1.19 bits per heavy atom. The maximum absolute atomic E-state index is 12.9. The average molecular weight is 287 g/mol. The van der Waals surface area contributed by atoms with Crippen LogP contribution in [0.1, 0.15) is 43.5 Å². The molecule has 2 aliphatic rings. The van der Waals surface area contributed by atoms with Crippen LogP contribution in [-0.2, 0) is 0 Å². The second kappa shape index (κ2) is 6.04. The molecule has 0 aliphatic carbocycles. The smallest absolute Gasteiger partial charge is 0.257 e. The van der Waals surface area contributed by atoms with E-state index in [4.69, 9.17) is 0 Å². The van der Waals surface area contributed by atoms with Crippen molar-refractivity contribution >= 4 is 11.7 Å². The van der Waals surface area contributed by atoms with Crippen LogP contribution in [0.2, 0.25) is 0 Å². The van der Waals surface area contributed by atoms with Gasteiger partial charge in [0.05, 0.1) is 5.56 Å². The van der Waals surface area contributed by atoms with Gasteiger partial charge in [-0.15, -0.1) is 0 Å². The van der Waals surface area contributed by atoms with Crippen molar-refractivity contribution in [3.05, 3.63) is 23.9 Å². The second-order valence-corrected chi connectivity index (χ2v) is 6.72. The number of aromatic nitrogens is 1. The van der Waals surface area contributed by atoms with Crippen LogP contribution in [0.5, 0.6) is 0 Å². The Morgan fingerprint density at radius 3 is 2.52 bits per heavy atom. The number of carbonyl (C=O) groups is 1. The molecule has 3 rings (SSSR count). The zero-order valence-electron chi connectivity index (χ0n) is 13.1. The Morgan fingerprint density at radius 2 is 1.86 bits per heavy atom. The molecular weight excluding hydrogens is 262 g/mol. The molecule has 114 valence electrons. The van der Waals surface area contributed by atoms with E-state index in [1.165, 1.54) is 19.3 Å². The molecule has 1 aromatic heterocycles. The Bertz CT molecular complexity index is 501. The highest BCUT2D eigenvalue weighted by Crippen LogP contribution is 2.26. The SMILES string of the molecule is CC1CC(C)CN(C(=O)c2cccnc2N2CCCC2)C1. The molecule has 0 radical (unpaired) electrons. The van der Waals surface area contributed by atoms with Gasteiger partial charge in [0.2, 0.25) is 0 Å². The van der Waals surface area contributed by atoms with E-state index >= 15 is 0 Å². The van der Waals surface area contributed by atoms with E-state index in [-0.39, 0.29) is 5.91 Å². The van der Waals surface area contributed by atoms with Gasteiger partial charge in [-0.1, -0.05) is 13.8 Å². The van der Waals surface area contributed by atoms with Crippen LogP contribution in [0.25, 0.3) is 0 Å². The summed E-state index contributed by atoms with van der Waals surface area (Å²) >= 11 is 0. The van der Waals surface area contributed by atoms with Crippen molar-refractivity contribution in [1.29, 1.82) is 0 Å². The Kier molecular flexibility index (Phi) is 4.13. The van der Waals surface area contributed by atoms with Crippen molar-refractivity contribution in [1.82, 2.24) is 9.88 Å². The molecule has 4 heteroatoms. The lowest BCUT2D eigenvalue weighted by molar-refractivity contribution is 0.0623. The average Bonchev–Trinajstić information content (AvgIpc) is 2.99. The Labute approximate surface area is 127 Å². The van der Waals surface area contributed by atoms with Gasteiger partial charge < -0.3 is 9.80 Å². The summed E-state index contributed by atoms with van der Waals surface area (Å²) in [6, 6.07) is 3.82. The fourth-order valence-corrected chi connectivity index (χ4v) is 3.74. The summed E-state index contributed by atoms with van der Waals surface area (Å²) in [5.41, 5.74) is 0.778. The summed E-state index contributed by atoms with van der Waals surface area (Å²) in [5, 5.41) is 0. The van der Waals surface area contributed by atoms with Gasteiger partial charge in [-0.3, -0.25) is 4.79 Å². The summed E-state index contributed by atoms with van der Waals surface area (Å²) in [4.78, 5) is 21.7. The van der Waals surface area contributed by atoms with Gasteiger partial charge in [0, 0.05) is 32.4 Å². The molecule has 0 N–H and O–H groups in total. The number of hydrogen-bond donors (Lipinski definition) is 0. The lowest BCUT2D eigenvalue weighted by Crippen LogP contribution is -2.43. The molecule has 0 bridgehead atoms. The summed E-state index contributed by atoms with van der Waals surface area (Å²) in [5.74, 6) is 2.21. The van der Waals surface area contributed by atoms with Crippen LogP contribution in [0.3, 0.4) is 0 Å². The summed E-state index contributed by atoms with van der Waals surface area (Å²) < 4.78 is 0. The van der Waals surface area contributed by atoms with E-state index in [0.29, 0.717) is 11.8 Å². The van der Waals surface area contributed by atoms with Crippen molar-refractivity contribution in [3.8, 4) is 0 Å². The number of rotatable bonds is 2. The van der Waals surface area contributed by atoms with E-state index in [0.717, 1.165) is 37.6 Å². The molecule has 0 aromatic carbocycles. The molecule has 2 saturated heterocycles. The fourth-order valence-electron chi connectivity index (χ4n) is 3.74. The standard InChI is InChI=1S/C17H25N3O/c1-13-10-14(2)12-20(11-13)17(21)15-6-5-7-18-16(15)19-8-3-4-9-19/h5-7,13-14H,3-4,8-12H2,1-2H3. The van der Waals surface area contributed by atoms with Crippen LogP contribution in [0.4, 0.5) is 5.82 Å². The van der Waals surface area contributed by atoms with Crippen LogP contribution in [0.15, 0.2) is 18.3 Å². The fraction of sp³-hybridized carbons (Fsp3) is 0.647. The van der Waals surface area contributed by atoms with Gasteiger partial charge in [0.25, 0.3) is 5.91 Å². The minimum absolute atomic E-state index is 0.156. The third-order valence-electron chi connectivity index (χ3n) is 4.58. The number of carbonyl (C=O) groups excluding carboxylic acids is 1. The van der Waals surface area contributed by atoms with Gasteiger partial charge in [0.15, 0.2) is 0 Å². The normalized spacial score (nSPS) is 26.2. The molecule has 0 spiro atoms. The van der Waals surface area contributed by atoms with Crippen molar-refractivity contribution < 1.29 is 4.79 Å². The highest BCUT2D eigenvalue weighted by Gasteiger charge is 2.29. The third kappa shape index (κ3) is 3.04. The predicted octanol–water partition coefficient (Wildman–Crippen LogP) is 2.80. The second-order valence-electron chi connectivity index (χ2n) is 6.72. The van der Waals surface area contributed by atoms with Crippen molar-refractivity contribution in [3.63, 3.8) is 0 Å². The molecular formula is C17H25N3O. The van der Waals surface area contributed by atoms with Gasteiger partial charge in [-0.2, -0.15) is 0 Å². The molecule has 2 unspecified atom stereocenters. The summed E-state index contributed by atoms with van der Waals surface area (Å²) in [7, 11) is 0. The zero-order chi connectivity index (χ0) is 14.8. The lowest BCUT2D eigenvalue weighted by Gasteiger charge is -2.35. The lowest BCUT2D eigenvalue weighted by atomic mass is 9.91. The van der Waals surface area contributed by atoms with Gasteiger partial charge in [0.1, 0.15) is 5.82 Å². The zero-order valence-corrected chi connectivity index (χ0v) is 13.1. The van der Waals surface area contributed by atoms with E-state index in [1.54, 1.807) is 6.20 Å². The molecule has 21 heavy (non-hydrogen) atoms. The first kappa shape index (κ1) is 14.4. The monoisotopic (exact) mass is 287 g/mol. The number of anilines is 1. The first-order valence-electron chi connectivity index (χ1n) is 8.14. The van der Waals surface area contributed by atoms with Crippen LogP contribution < -0.4 is 4.90 Å². The molecule has 0 saturated carbocycles. The highest BCUT2D eigenvalue weighted by molar-refractivity contribution is 5.99. The first-order valence-corrected chi connectivity index (χ1v) is 8.14. The van der Waals surface area contributed by atoms with Crippen LogP contribution >= 0.6 is 0 Å². The largest absolute Gasteiger partial charge is 0.356 e. The van der Waals surface area contributed by atoms with E-state index in [1.807, 2.05) is 17.0 Å². The molecule has 1 amide bonds. The third-order valence-corrected chi connectivity index (χ3v) is 4.58. The highest BCUT2D eigenvalue weighted by atomic mass is 16.2. The minimum atomic E-state index is 0.156. The number of amides is 1. The molecule has 2 fully saturated rings. The molecule has 3 heterocycles. The van der Waals surface area contributed by atoms with E-state index in [2.05, 4.69) is 23.7 Å².